The first-order valence-corrected chi connectivity index (χ1v) is 1.84. The van der Waals surface area contributed by atoms with E-state index in [4.69, 9.17) is 0 Å². The van der Waals surface area contributed by atoms with Gasteiger partial charge in [-0.25, -0.2) is 0 Å². The van der Waals surface area contributed by atoms with E-state index in [0.717, 1.165) is 6.42 Å². The molecule has 2 nitrogen and oxygen atoms in total. The van der Waals surface area contributed by atoms with E-state index in [1.54, 1.807) is 6.21 Å². The van der Waals surface area contributed by atoms with Crippen LogP contribution in [0.5, 0.6) is 0 Å². The second-order valence-corrected chi connectivity index (χ2v) is 1.01. The van der Waals surface area contributed by atoms with Crippen LogP contribution in [0.1, 0.15) is 6.42 Å². The maximum Gasteiger partial charge on any atom is 0.0772 e. The van der Waals surface area contributed by atoms with E-state index in [2.05, 4.69) is 16.7 Å². The van der Waals surface area contributed by atoms with E-state index in [9.17, 15) is 0 Å². The topological polar surface area (TPSA) is 24.4 Å². The van der Waals surface area contributed by atoms with Crippen LogP contribution in [0.3, 0.4) is 0 Å². The quantitative estimate of drug-likeness (QED) is 0.445. The third-order valence-electron chi connectivity index (χ3n) is 0.546. The van der Waals surface area contributed by atoms with Crippen molar-refractivity contribution in [1.82, 2.24) is 5.43 Å². The summed E-state index contributed by atoms with van der Waals surface area (Å²) in [5.74, 6) is 0. The maximum absolute atomic E-state index is 3.66. The molecule has 0 aromatic rings. The largest absolute Gasteiger partial charge is 0.277 e. The van der Waals surface area contributed by atoms with Crippen molar-refractivity contribution < 1.29 is 0 Å². The standard InChI is InChI=1S/C4H5N2/c1-2-4-6-5-3-1/h1,4-5H,2H2. The summed E-state index contributed by atoms with van der Waals surface area (Å²) in [5, 5.41) is 3.66. The van der Waals surface area contributed by atoms with Crippen molar-refractivity contribution >= 4 is 6.21 Å². The molecule has 0 spiro atoms. The van der Waals surface area contributed by atoms with Gasteiger partial charge < -0.3 is 0 Å². The Balaban J connectivity index is 2.40. The van der Waals surface area contributed by atoms with Crippen LogP contribution in [-0.4, -0.2) is 6.21 Å². The van der Waals surface area contributed by atoms with Crippen molar-refractivity contribution in [3.63, 3.8) is 0 Å². The number of hydrazone groups is 1. The second kappa shape index (κ2) is 1.60. The van der Waals surface area contributed by atoms with E-state index in [-0.39, 0.29) is 0 Å². The SMILES string of the molecule is [C]1=CCC=NN1. The third-order valence-corrected chi connectivity index (χ3v) is 0.546. The Bertz CT molecular complexity index is 63.5. The van der Waals surface area contributed by atoms with Crippen LogP contribution >= 0.6 is 0 Å². The minimum atomic E-state index is 0.910. The van der Waals surface area contributed by atoms with Crippen LogP contribution in [0.25, 0.3) is 0 Å². The number of rotatable bonds is 0. The molecule has 0 atom stereocenters. The van der Waals surface area contributed by atoms with Gasteiger partial charge in [-0.2, -0.15) is 5.10 Å². The van der Waals surface area contributed by atoms with Gasteiger partial charge in [-0.3, -0.25) is 5.43 Å². The first-order chi connectivity index (χ1) is 3.00. The van der Waals surface area contributed by atoms with Gasteiger partial charge in [-0.1, -0.05) is 6.08 Å². The van der Waals surface area contributed by atoms with Gasteiger partial charge in [0.25, 0.3) is 0 Å². The monoisotopic (exact) mass is 81.0 g/mol. The summed E-state index contributed by atoms with van der Waals surface area (Å²) in [5.41, 5.74) is 2.55. The Morgan fingerprint density at radius 1 is 1.83 bits per heavy atom. The molecule has 0 aliphatic carbocycles. The maximum atomic E-state index is 3.66. The van der Waals surface area contributed by atoms with Gasteiger partial charge in [0.05, 0.1) is 6.20 Å². The number of allylic oxidation sites excluding steroid dienone is 1. The normalized spacial score (nSPS) is 17.3. The third kappa shape index (κ3) is 0.578. The van der Waals surface area contributed by atoms with E-state index in [1.807, 2.05) is 6.08 Å². The molecule has 0 fully saturated rings. The summed E-state index contributed by atoms with van der Waals surface area (Å²) < 4.78 is 0. The van der Waals surface area contributed by atoms with Crippen LogP contribution in [0.4, 0.5) is 0 Å². The van der Waals surface area contributed by atoms with Crippen molar-refractivity contribution in [2.45, 2.75) is 6.42 Å². The van der Waals surface area contributed by atoms with Gasteiger partial charge in [0.2, 0.25) is 0 Å². The van der Waals surface area contributed by atoms with E-state index in [0.29, 0.717) is 0 Å². The summed E-state index contributed by atoms with van der Waals surface area (Å²) in [6, 6.07) is 0. The molecule has 0 amide bonds. The van der Waals surface area contributed by atoms with Crippen molar-refractivity contribution in [3.05, 3.63) is 12.3 Å². The Morgan fingerprint density at radius 3 is 3.00 bits per heavy atom. The molecule has 0 saturated heterocycles. The van der Waals surface area contributed by atoms with Crippen LogP contribution in [-0.2, 0) is 0 Å². The zero-order chi connectivity index (χ0) is 4.24. The number of hydrogen-bond donors (Lipinski definition) is 1. The molecule has 1 rings (SSSR count). The molecule has 0 saturated carbocycles. The molecule has 1 aliphatic rings. The fourth-order valence-corrected chi connectivity index (χ4v) is 0.293. The Morgan fingerprint density at radius 2 is 2.83 bits per heavy atom. The molecule has 0 unspecified atom stereocenters. The molecule has 31 valence electrons. The zero-order valence-corrected chi connectivity index (χ0v) is 3.31. The number of hydrogen-bond acceptors (Lipinski definition) is 2. The van der Waals surface area contributed by atoms with E-state index < -0.39 is 0 Å². The fraction of sp³-hybridized carbons (Fsp3) is 0.250. The molecular weight excluding hydrogens is 76.1 g/mol. The van der Waals surface area contributed by atoms with Gasteiger partial charge in [0, 0.05) is 12.6 Å². The summed E-state index contributed by atoms with van der Waals surface area (Å²) in [7, 11) is 0. The predicted molar refractivity (Wildman–Crippen MR) is 24.1 cm³/mol. The molecular formula is C4H5N2. The molecule has 1 radical (unpaired) electrons. The number of nitrogens with zero attached hydrogens (tertiary/aromatic N) is 1. The Labute approximate surface area is 36.6 Å². The summed E-state index contributed by atoms with van der Waals surface area (Å²) in [6.07, 6.45) is 7.29. The molecule has 1 heterocycles. The fourth-order valence-electron chi connectivity index (χ4n) is 0.293. The van der Waals surface area contributed by atoms with Crippen molar-refractivity contribution in [3.8, 4) is 0 Å². The van der Waals surface area contributed by atoms with Crippen LogP contribution in [0, 0.1) is 6.20 Å². The van der Waals surface area contributed by atoms with Crippen LogP contribution in [0.2, 0.25) is 0 Å². The average Bonchev–Trinajstić information content (AvgIpc) is 1.72. The van der Waals surface area contributed by atoms with Gasteiger partial charge in [-0.15, -0.1) is 0 Å². The Kier molecular flexibility index (Phi) is 0.906. The highest BCUT2D eigenvalue weighted by Crippen LogP contribution is 1.78. The minimum Gasteiger partial charge on any atom is -0.277 e. The van der Waals surface area contributed by atoms with Crippen molar-refractivity contribution in [2.24, 2.45) is 5.10 Å². The zero-order valence-electron chi connectivity index (χ0n) is 3.31. The molecule has 1 N–H and O–H groups in total. The lowest BCUT2D eigenvalue weighted by Crippen LogP contribution is -1.97. The van der Waals surface area contributed by atoms with Gasteiger partial charge in [0.1, 0.15) is 0 Å². The lowest BCUT2D eigenvalue weighted by atomic mass is 10.4. The van der Waals surface area contributed by atoms with E-state index in [1.165, 1.54) is 0 Å². The highest BCUT2D eigenvalue weighted by molar-refractivity contribution is 5.59. The molecule has 0 aromatic heterocycles. The Hall–Kier alpha value is -0.790. The summed E-state index contributed by atoms with van der Waals surface area (Å²) in [6.45, 7) is 0. The van der Waals surface area contributed by atoms with Crippen molar-refractivity contribution in [1.29, 1.82) is 0 Å². The highest BCUT2D eigenvalue weighted by atomic mass is 15.3. The average molecular weight is 81.1 g/mol. The molecule has 0 bridgehead atoms. The van der Waals surface area contributed by atoms with Crippen LogP contribution in [0.15, 0.2) is 11.2 Å². The summed E-state index contributed by atoms with van der Waals surface area (Å²) >= 11 is 0. The first-order valence-electron chi connectivity index (χ1n) is 1.84. The molecule has 6 heavy (non-hydrogen) atoms. The van der Waals surface area contributed by atoms with Gasteiger partial charge in [0.15, 0.2) is 0 Å². The predicted octanol–water partition coefficient (Wildman–Crippen LogP) is 0.282. The minimum absolute atomic E-state index is 0.910. The number of nitrogens with one attached hydrogen (secondary N) is 1. The van der Waals surface area contributed by atoms with E-state index >= 15 is 0 Å². The van der Waals surface area contributed by atoms with Gasteiger partial charge >= 0.3 is 0 Å². The summed E-state index contributed by atoms with van der Waals surface area (Å²) in [4.78, 5) is 0. The first kappa shape index (κ1) is 3.40. The van der Waals surface area contributed by atoms with Gasteiger partial charge in [-0.05, 0) is 0 Å². The highest BCUT2D eigenvalue weighted by Gasteiger charge is 1.75. The lowest BCUT2D eigenvalue weighted by Gasteiger charge is -1.90. The molecule has 0 aromatic carbocycles. The van der Waals surface area contributed by atoms with Crippen LogP contribution < -0.4 is 5.43 Å². The van der Waals surface area contributed by atoms with Crippen molar-refractivity contribution in [2.75, 3.05) is 0 Å². The lowest BCUT2D eigenvalue weighted by molar-refractivity contribution is 0.916. The second-order valence-electron chi connectivity index (χ2n) is 1.01. The molecule has 2 heteroatoms. The smallest absolute Gasteiger partial charge is 0.0772 e. The molecule has 1 aliphatic heterocycles.